The summed E-state index contributed by atoms with van der Waals surface area (Å²) in [5.41, 5.74) is 1.62. The first kappa shape index (κ1) is 12.2. The molecule has 0 spiro atoms. The fraction of sp³-hybridized carbons (Fsp3) is 0.643. The summed E-state index contributed by atoms with van der Waals surface area (Å²) in [4.78, 5) is 10.2. The smallest absolute Gasteiger partial charge is 0.142 e. The number of allylic oxidation sites excluding steroid dienone is 4. The molecule has 1 aliphatic rings. The van der Waals surface area contributed by atoms with Crippen molar-refractivity contribution < 1.29 is 4.79 Å². The maximum atomic E-state index is 10.2. The molecule has 0 heterocycles. The van der Waals surface area contributed by atoms with Crippen LogP contribution >= 0.6 is 0 Å². The first-order valence-electron chi connectivity index (χ1n) is 6.03. The van der Waals surface area contributed by atoms with E-state index in [0.717, 1.165) is 18.6 Å². The van der Waals surface area contributed by atoms with Gasteiger partial charge in [0.15, 0.2) is 0 Å². The fourth-order valence-electron chi connectivity index (χ4n) is 2.29. The number of aldehydes is 1. The van der Waals surface area contributed by atoms with E-state index in [1.165, 1.54) is 25.7 Å². The van der Waals surface area contributed by atoms with Crippen molar-refractivity contribution in [3.05, 3.63) is 23.8 Å². The maximum Gasteiger partial charge on any atom is 0.142 e. The van der Waals surface area contributed by atoms with Crippen molar-refractivity contribution in [2.24, 2.45) is 11.8 Å². The Labute approximate surface area is 93.3 Å². The second-order valence-corrected chi connectivity index (χ2v) is 4.80. The highest BCUT2D eigenvalue weighted by Gasteiger charge is 2.16. The van der Waals surface area contributed by atoms with Gasteiger partial charge in [0.1, 0.15) is 6.29 Å². The van der Waals surface area contributed by atoms with Crippen molar-refractivity contribution in [2.45, 2.75) is 46.0 Å². The van der Waals surface area contributed by atoms with Gasteiger partial charge in [0.2, 0.25) is 0 Å². The molecule has 0 fully saturated rings. The quantitative estimate of drug-likeness (QED) is 0.379. The van der Waals surface area contributed by atoms with Gasteiger partial charge in [-0.15, -0.1) is 0 Å². The summed E-state index contributed by atoms with van der Waals surface area (Å²) < 4.78 is 0. The van der Waals surface area contributed by atoms with Crippen LogP contribution in [0.4, 0.5) is 0 Å². The van der Waals surface area contributed by atoms with E-state index in [1.54, 1.807) is 11.6 Å². The molecular weight excluding hydrogens is 184 g/mol. The highest BCUT2D eigenvalue weighted by atomic mass is 16.1. The molecule has 15 heavy (non-hydrogen) atoms. The van der Waals surface area contributed by atoms with E-state index in [-0.39, 0.29) is 0 Å². The van der Waals surface area contributed by atoms with Gasteiger partial charge in [-0.3, -0.25) is 4.79 Å². The summed E-state index contributed by atoms with van der Waals surface area (Å²) in [6, 6.07) is 0. The van der Waals surface area contributed by atoms with E-state index in [9.17, 15) is 4.79 Å². The Morgan fingerprint density at radius 3 is 3.00 bits per heavy atom. The lowest BCUT2D eigenvalue weighted by atomic mass is 9.81. The molecule has 1 unspecified atom stereocenters. The summed E-state index contributed by atoms with van der Waals surface area (Å²) in [5, 5.41) is 0. The van der Waals surface area contributed by atoms with Crippen molar-refractivity contribution in [2.75, 3.05) is 0 Å². The lowest BCUT2D eigenvalue weighted by Crippen LogP contribution is -2.10. The van der Waals surface area contributed by atoms with Gasteiger partial charge in [-0.1, -0.05) is 31.6 Å². The Morgan fingerprint density at radius 2 is 2.33 bits per heavy atom. The number of hydrogen-bond acceptors (Lipinski definition) is 1. The van der Waals surface area contributed by atoms with E-state index in [1.807, 2.05) is 6.08 Å². The van der Waals surface area contributed by atoms with E-state index in [2.05, 4.69) is 19.9 Å². The molecule has 1 aliphatic carbocycles. The van der Waals surface area contributed by atoms with Crippen molar-refractivity contribution >= 4 is 6.29 Å². The van der Waals surface area contributed by atoms with Crippen LogP contribution in [-0.2, 0) is 4.79 Å². The van der Waals surface area contributed by atoms with Crippen LogP contribution in [0, 0.1) is 11.8 Å². The molecule has 0 aromatic carbocycles. The van der Waals surface area contributed by atoms with Crippen LogP contribution in [-0.4, -0.2) is 6.29 Å². The molecule has 0 radical (unpaired) electrons. The number of rotatable bonds is 5. The lowest BCUT2D eigenvalue weighted by molar-refractivity contribution is -0.104. The molecule has 1 heteroatoms. The molecule has 0 N–H and O–H groups in total. The van der Waals surface area contributed by atoms with Gasteiger partial charge in [0.25, 0.3) is 0 Å². The first-order valence-corrected chi connectivity index (χ1v) is 6.03. The first-order chi connectivity index (χ1) is 7.24. The van der Waals surface area contributed by atoms with Gasteiger partial charge >= 0.3 is 0 Å². The van der Waals surface area contributed by atoms with Gasteiger partial charge in [0, 0.05) is 0 Å². The zero-order valence-electron chi connectivity index (χ0n) is 9.91. The summed E-state index contributed by atoms with van der Waals surface area (Å²) in [6.07, 6.45) is 13.0. The standard InChI is InChI=1S/C14H22O/c1-12(2)11-14-9-4-3-7-13(14)8-5-6-10-15/h5-6,9-10,12-13H,3-4,7-8,11H2,1-2H3. The molecule has 0 aromatic rings. The SMILES string of the molecule is CC(C)CC1=CCCCC1CC=CC=O. The molecule has 0 aromatic heterocycles. The average Bonchev–Trinajstić information content (AvgIpc) is 2.20. The molecule has 0 bridgehead atoms. The van der Waals surface area contributed by atoms with Gasteiger partial charge in [-0.05, 0) is 50.0 Å². The minimum absolute atomic E-state index is 0.692. The zero-order chi connectivity index (χ0) is 11.1. The van der Waals surface area contributed by atoms with Crippen molar-refractivity contribution in [3.63, 3.8) is 0 Å². The normalized spacial score (nSPS) is 22.1. The predicted octanol–water partition coefficient (Wildman–Crippen LogP) is 3.90. The summed E-state index contributed by atoms with van der Waals surface area (Å²) in [6.45, 7) is 4.54. The fourth-order valence-corrected chi connectivity index (χ4v) is 2.29. The van der Waals surface area contributed by atoms with Crippen LogP contribution in [0.5, 0.6) is 0 Å². The topological polar surface area (TPSA) is 17.1 Å². The van der Waals surface area contributed by atoms with Gasteiger partial charge in [0.05, 0.1) is 0 Å². The zero-order valence-corrected chi connectivity index (χ0v) is 9.91. The Balaban J connectivity index is 2.52. The van der Waals surface area contributed by atoms with Crippen molar-refractivity contribution in [1.82, 2.24) is 0 Å². The molecule has 1 atom stereocenters. The van der Waals surface area contributed by atoms with Gasteiger partial charge in [-0.2, -0.15) is 0 Å². The lowest BCUT2D eigenvalue weighted by Gasteiger charge is -2.24. The second-order valence-electron chi connectivity index (χ2n) is 4.80. The molecule has 0 saturated carbocycles. The van der Waals surface area contributed by atoms with Crippen LogP contribution in [0.25, 0.3) is 0 Å². The second kappa shape index (κ2) is 6.60. The molecule has 0 amide bonds. The van der Waals surface area contributed by atoms with Crippen LogP contribution in [0.1, 0.15) is 46.0 Å². The summed E-state index contributed by atoms with van der Waals surface area (Å²) in [5.74, 6) is 1.43. The van der Waals surface area contributed by atoms with E-state index >= 15 is 0 Å². The van der Waals surface area contributed by atoms with E-state index in [0.29, 0.717) is 5.92 Å². The average molecular weight is 206 g/mol. The van der Waals surface area contributed by atoms with E-state index in [4.69, 9.17) is 0 Å². The van der Waals surface area contributed by atoms with Crippen molar-refractivity contribution in [3.8, 4) is 0 Å². The Kier molecular flexibility index (Phi) is 5.38. The van der Waals surface area contributed by atoms with E-state index < -0.39 is 0 Å². The third-order valence-corrected chi connectivity index (χ3v) is 2.97. The Morgan fingerprint density at radius 1 is 1.53 bits per heavy atom. The summed E-state index contributed by atoms with van der Waals surface area (Å²) in [7, 11) is 0. The highest BCUT2D eigenvalue weighted by Crippen LogP contribution is 2.31. The molecule has 0 saturated heterocycles. The molecular formula is C14H22O. The van der Waals surface area contributed by atoms with Gasteiger partial charge in [-0.25, -0.2) is 0 Å². The van der Waals surface area contributed by atoms with Gasteiger partial charge < -0.3 is 0 Å². The minimum atomic E-state index is 0.692. The number of hydrogen-bond donors (Lipinski definition) is 0. The Hall–Kier alpha value is -0.850. The van der Waals surface area contributed by atoms with Crippen LogP contribution in [0.2, 0.25) is 0 Å². The molecule has 1 rings (SSSR count). The number of carbonyl (C=O) groups excluding carboxylic acids is 1. The monoisotopic (exact) mass is 206 g/mol. The van der Waals surface area contributed by atoms with Crippen LogP contribution in [0.3, 0.4) is 0 Å². The minimum Gasteiger partial charge on any atom is -0.299 e. The van der Waals surface area contributed by atoms with Crippen LogP contribution in [0.15, 0.2) is 23.8 Å². The summed E-state index contributed by atoms with van der Waals surface area (Å²) >= 11 is 0. The predicted molar refractivity (Wildman–Crippen MR) is 64.7 cm³/mol. The van der Waals surface area contributed by atoms with Crippen LogP contribution < -0.4 is 0 Å². The third-order valence-electron chi connectivity index (χ3n) is 2.97. The largest absolute Gasteiger partial charge is 0.299 e. The third kappa shape index (κ3) is 4.46. The Bertz CT molecular complexity index is 248. The highest BCUT2D eigenvalue weighted by molar-refractivity contribution is 5.64. The molecule has 1 nitrogen and oxygen atoms in total. The molecule has 0 aliphatic heterocycles. The van der Waals surface area contributed by atoms with Crippen molar-refractivity contribution in [1.29, 1.82) is 0 Å². The molecule has 84 valence electrons. The number of carbonyl (C=O) groups is 1. The maximum absolute atomic E-state index is 10.2.